The third-order valence-corrected chi connectivity index (χ3v) is 18.7. The summed E-state index contributed by atoms with van der Waals surface area (Å²) in [4.78, 5) is 24.6. The fourth-order valence-corrected chi connectivity index (χ4v) is 12.6. The zero-order valence-electron chi connectivity index (χ0n) is 59.0. The van der Waals surface area contributed by atoms with Gasteiger partial charge in [-0.25, -0.2) is 0 Å². The van der Waals surface area contributed by atoms with E-state index in [2.05, 4.69) is 43.5 Å². The summed E-state index contributed by atoms with van der Waals surface area (Å²) in [7, 11) is 0. The number of carbonyl (C=O) groups is 2. The number of nitrogens with one attached hydrogen (secondary N) is 1. The van der Waals surface area contributed by atoms with Crippen molar-refractivity contribution in [3.63, 3.8) is 0 Å². The van der Waals surface area contributed by atoms with Gasteiger partial charge < -0.3 is 20.3 Å². The second-order valence-corrected chi connectivity index (χ2v) is 27.4. The molecule has 3 N–H and O–H groups in total. The van der Waals surface area contributed by atoms with Crippen LogP contribution in [0.25, 0.3) is 0 Å². The molecule has 87 heavy (non-hydrogen) atoms. The molecule has 514 valence electrons. The first-order valence-electron chi connectivity index (χ1n) is 39.8. The summed E-state index contributed by atoms with van der Waals surface area (Å²) < 4.78 is 5.50. The van der Waals surface area contributed by atoms with E-state index in [0.29, 0.717) is 19.4 Å². The molecule has 6 nitrogen and oxygen atoms in total. The SMILES string of the molecule is CCCCCC/C=C\C/C=C\CCCCCCCC(=O)OCCCCCCCCCCCCCCCCCCCCCCCCCCCCCCCCCCC(=O)NC(CO)C(O)/C=C/CCCCCCCCCCCCCCCCCCCCCC. The number of amides is 1. The summed E-state index contributed by atoms with van der Waals surface area (Å²) in [6.07, 6.45) is 99.8. The van der Waals surface area contributed by atoms with Crippen molar-refractivity contribution in [1.29, 1.82) is 0 Å². The summed E-state index contributed by atoms with van der Waals surface area (Å²) >= 11 is 0. The molecule has 0 heterocycles. The van der Waals surface area contributed by atoms with Crippen molar-refractivity contribution in [3.8, 4) is 0 Å². The van der Waals surface area contributed by atoms with Crippen molar-refractivity contribution in [2.75, 3.05) is 13.2 Å². The zero-order chi connectivity index (χ0) is 62.8. The van der Waals surface area contributed by atoms with Gasteiger partial charge in [0.25, 0.3) is 0 Å². The van der Waals surface area contributed by atoms with Gasteiger partial charge in [0.1, 0.15) is 0 Å². The molecule has 2 atom stereocenters. The van der Waals surface area contributed by atoms with Crippen molar-refractivity contribution in [3.05, 3.63) is 36.5 Å². The number of ether oxygens (including phenoxy) is 1. The van der Waals surface area contributed by atoms with Crippen LogP contribution in [0.15, 0.2) is 36.5 Å². The highest BCUT2D eigenvalue weighted by Crippen LogP contribution is 2.20. The van der Waals surface area contributed by atoms with Crippen LogP contribution in [-0.4, -0.2) is 47.4 Å². The lowest BCUT2D eigenvalue weighted by Crippen LogP contribution is -2.45. The van der Waals surface area contributed by atoms with Gasteiger partial charge in [-0.3, -0.25) is 9.59 Å². The van der Waals surface area contributed by atoms with Crippen molar-refractivity contribution >= 4 is 11.9 Å². The van der Waals surface area contributed by atoms with Crippen LogP contribution in [0.3, 0.4) is 0 Å². The number of allylic oxidation sites excluding steroid dienone is 5. The van der Waals surface area contributed by atoms with Crippen molar-refractivity contribution < 1.29 is 24.5 Å². The molecule has 0 aromatic rings. The maximum Gasteiger partial charge on any atom is 0.305 e. The van der Waals surface area contributed by atoms with Gasteiger partial charge in [-0.1, -0.05) is 403 Å². The molecule has 6 heteroatoms. The Kier molecular flexibility index (Phi) is 74.8. The lowest BCUT2D eigenvalue weighted by molar-refractivity contribution is -0.143. The predicted molar refractivity (Wildman–Crippen MR) is 384 cm³/mol. The minimum atomic E-state index is -0.843. The number of carbonyl (C=O) groups excluding carboxylic acids is 2. The molecule has 0 saturated heterocycles. The molecule has 0 aromatic carbocycles. The highest BCUT2D eigenvalue weighted by atomic mass is 16.5. The van der Waals surface area contributed by atoms with E-state index < -0.39 is 12.1 Å². The fraction of sp³-hybridized carbons (Fsp3) is 0.901. The van der Waals surface area contributed by atoms with E-state index in [1.807, 2.05) is 6.08 Å². The molecule has 0 bridgehead atoms. The van der Waals surface area contributed by atoms with Gasteiger partial charge in [0.05, 0.1) is 25.4 Å². The number of aliphatic hydroxyl groups is 2. The minimum absolute atomic E-state index is 0.00815. The maximum absolute atomic E-state index is 12.5. The van der Waals surface area contributed by atoms with Gasteiger partial charge in [0.15, 0.2) is 0 Å². The van der Waals surface area contributed by atoms with Crippen LogP contribution in [0.1, 0.15) is 444 Å². The van der Waals surface area contributed by atoms with E-state index in [1.165, 1.54) is 366 Å². The largest absolute Gasteiger partial charge is 0.466 e. The molecule has 0 aliphatic rings. The molecule has 0 spiro atoms. The summed E-state index contributed by atoms with van der Waals surface area (Å²) in [6, 6.07) is -0.626. The van der Waals surface area contributed by atoms with Gasteiger partial charge in [0, 0.05) is 12.8 Å². The quantitative estimate of drug-likeness (QED) is 0.0320. The van der Waals surface area contributed by atoms with E-state index in [0.717, 1.165) is 51.4 Å². The standard InChI is InChI=1S/C81H155NO5/c1-3-5-7-9-11-13-15-17-19-21-22-23-36-39-42-45-49-53-57-61-65-69-73-79(84)78(77-83)82-80(85)74-70-66-62-58-54-50-46-43-40-37-34-32-30-28-26-24-25-27-29-31-33-35-38-41-44-48-52-56-60-64-68-72-76-87-81(86)75-71-67-63-59-55-51-47-20-18-16-14-12-10-8-6-4-2/h14,16,20,47,69,73,78-79,83-84H,3-13,15,17-19,21-46,48-68,70-72,74-77H2,1-2H3,(H,82,85)/b16-14-,47-20-,73-69+. The van der Waals surface area contributed by atoms with Crippen LogP contribution in [-0.2, 0) is 14.3 Å². The maximum atomic E-state index is 12.5. The molecular formula is C81H155NO5. The van der Waals surface area contributed by atoms with E-state index >= 15 is 0 Å². The van der Waals surface area contributed by atoms with Gasteiger partial charge >= 0.3 is 5.97 Å². The number of unbranched alkanes of at least 4 members (excludes halogenated alkanes) is 60. The van der Waals surface area contributed by atoms with Gasteiger partial charge in [-0.15, -0.1) is 0 Å². The van der Waals surface area contributed by atoms with Gasteiger partial charge in [-0.05, 0) is 64.2 Å². The molecule has 1 amide bonds. The Hall–Kier alpha value is -1.92. The number of hydrogen-bond donors (Lipinski definition) is 3. The molecule has 0 aromatic heterocycles. The fourth-order valence-electron chi connectivity index (χ4n) is 12.6. The lowest BCUT2D eigenvalue weighted by Gasteiger charge is -2.20. The van der Waals surface area contributed by atoms with Crippen LogP contribution in [0.5, 0.6) is 0 Å². The van der Waals surface area contributed by atoms with E-state index in [4.69, 9.17) is 4.74 Å². The molecule has 0 rings (SSSR count). The Bertz CT molecular complexity index is 1410. The van der Waals surface area contributed by atoms with Crippen molar-refractivity contribution in [2.45, 2.75) is 456 Å². The van der Waals surface area contributed by atoms with Crippen LogP contribution in [0.4, 0.5) is 0 Å². The number of aliphatic hydroxyl groups excluding tert-OH is 2. The Balaban J connectivity index is 3.35. The summed E-state index contributed by atoms with van der Waals surface area (Å²) in [5.41, 5.74) is 0. The predicted octanol–water partition coefficient (Wildman–Crippen LogP) is 26.2. The average molecular weight is 1220 g/mol. The average Bonchev–Trinajstić information content (AvgIpc) is 3.53. The molecule has 0 fully saturated rings. The van der Waals surface area contributed by atoms with Gasteiger partial charge in [0.2, 0.25) is 5.91 Å². The van der Waals surface area contributed by atoms with E-state index in [-0.39, 0.29) is 18.5 Å². The normalized spacial score (nSPS) is 12.6. The Morgan fingerprint density at radius 2 is 0.575 bits per heavy atom. The zero-order valence-corrected chi connectivity index (χ0v) is 59.0. The minimum Gasteiger partial charge on any atom is -0.466 e. The number of esters is 1. The molecule has 0 saturated carbocycles. The van der Waals surface area contributed by atoms with Crippen LogP contribution in [0, 0.1) is 0 Å². The van der Waals surface area contributed by atoms with E-state index in [9.17, 15) is 19.8 Å². The Morgan fingerprint density at radius 1 is 0.322 bits per heavy atom. The second-order valence-electron chi connectivity index (χ2n) is 27.4. The summed E-state index contributed by atoms with van der Waals surface area (Å²) in [6.45, 7) is 4.93. The van der Waals surface area contributed by atoms with Crippen LogP contribution >= 0.6 is 0 Å². The first-order chi connectivity index (χ1) is 43.0. The number of hydrogen-bond acceptors (Lipinski definition) is 5. The third kappa shape index (κ3) is 73.0. The monoisotopic (exact) mass is 1220 g/mol. The molecule has 2 unspecified atom stereocenters. The van der Waals surface area contributed by atoms with Crippen molar-refractivity contribution in [2.24, 2.45) is 0 Å². The van der Waals surface area contributed by atoms with Crippen LogP contribution in [0.2, 0.25) is 0 Å². The molecule has 0 aliphatic heterocycles. The molecule has 0 aliphatic carbocycles. The smallest absolute Gasteiger partial charge is 0.305 e. The Morgan fingerprint density at radius 3 is 0.885 bits per heavy atom. The summed E-state index contributed by atoms with van der Waals surface area (Å²) in [5, 5.41) is 23.3. The highest BCUT2D eigenvalue weighted by Gasteiger charge is 2.18. The topological polar surface area (TPSA) is 95.9 Å². The van der Waals surface area contributed by atoms with E-state index in [1.54, 1.807) is 6.08 Å². The first-order valence-corrected chi connectivity index (χ1v) is 39.8. The molecular weight excluding hydrogens is 1070 g/mol. The van der Waals surface area contributed by atoms with Crippen LogP contribution < -0.4 is 5.32 Å². The molecule has 0 radical (unpaired) electrons. The highest BCUT2D eigenvalue weighted by molar-refractivity contribution is 5.76. The lowest BCUT2D eigenvalue weighted by atomic mass is 10.0. The summed E-state index contributed by atoms with van der Waals surface area (Å²) in [5.74, 6) is -0.0507. The first kappa shape index (κ1) is 85.1. The third-order valence-electron chi connectivity index (χ3n) is 18.7. The van der Waals surface area contributed by atoms with Gasteiger partial charge in [-0.2, -0.15) is 0 Å². The van der Waals surface area contributed by atoms with Crippen molar-refractivity contribution in [1.82, 2.24) is 5.32 Å². The second kappa shape index (κ2) is 76.5. The Labute approximate surface area is 544 Å². The number of rotatable bonds is 75.